The SMILES string of the molecule is CN(C)c1ccc(C(=O)c2c(F)ccc(Br)c2F)cc1. The molecule has 0 saturated heterocycles. The fourth-order valence-electron chi connectivity index (χ4n) is 1.79. The van der Waals surface area contributed by atoms with Crippen LogP contribution in [0.25, 0.3) is 0 Å². The quantitative estimate of drug-likeness (QED) is 0.621. The molecule has 104 valence electrons. The number of nitrogens with zero attached hydrogens (tertiary/aromatic N) is 1. The largest absolute Gasteiger partial charge is 0.378 e. The number of carbonyl (C=O) groups is 1. The second-order valence-electron chi connectivity index (χ2n) is 4.49. The van der Waals surface area contributed by atoms with Gasteiger partial charge in [0, 0.05) is 25.3 Å². The van der Waals surface area contributed by atoms with Gasteiger partial charge in [-0.05, 0) is 52.3 Å². The van der Waals surface area contributed by atoms with Crippen LogP contribution < -0.4 is 4.90 Å². The molecule has 5 heteroatoms. The molecule has 2 nitrogen and oxygen atoms in total. The van der Waals surface area contributed by atoms with Gasteiger partial charge >= 0.3 is 0 Å². The second kappa shape index (κ2) is 5.71. The number of rotatable bonds is 3. The molecule has 0 aliphatic rings. The maximum absolute atomic E-state index is 13.9. The summed E-state index contributed by atoms with van der Waals surface area (Å²) in [6.45, 7) is 0. The summed E-state index contributed by atoms with van der Waals surface area (Å²) in [5.41, 5.74) is 0.597. The van der Waals surface area contributed by atoms with Crippen LogP contribution in [0, 0.1) is 11.6 Å². The third-order valence-corrected chi connectivity index (χ3v) is 3.53. The van der Waals surface area contributed by atoms with Crippen LogP contribution in [0.4, 0.5) is 14.5 Å². The highest BCUT2D eigenvalue weighted by atomic mass is 79.9. The van der Waals surface area contributed by atoms with Gasteiger partial charge in [-0.1, -0.05) is 0 Å². The van der Waals surface area contributed by atoms with Gasteiger partial charge in [-0.2, -0.15) is 0 Å². The highest BCUT2D eigenvalue weighted by molar-refractivity contribution is 9.10. The number of carbonyl (C=O) groups excluding carboxylic acids is 1. The molecular formula is C15H12BrF2NO. The summed E-state index contributed by atoms with van der Waals surface area (Å²) in [5, 5.41) is 0. The molecule has 0 saturated carbocycles. The minimum absolute atomic E-state index is 0.0622. The third kappa shape index (κ3) is 2.72. The van der Waals surface area contributed by atoms with Crippen LogP contribution in [0.3, 0.4) is 0 Å². The minimum Gasteiger partial charge on any atom is -0.378 e. The third-order valence-electron chi connectivity index (χ3n) is 2.92. The van der Waals surface area contributed by atoms with Crippen LogP contribution in [-0.2, 0) is 0 Å². The van der Waals surface area contributed by atoms with E-state index >= 15 is 0 Å². The van der Waals surface area contributed by atoms with Crippen molar-refractivity contribution >= 4 is 27.4 Å². The van der Waals surface area contributed by atoms with E-state index in [0.29, 0.717) is 0 Å². The molecule has 0 heterocycles. The fraction of sp³-hybridized carbons (Fsp3) is 0.133. The number of hydrogen-bond acceptors (Lipinski definition) is 2. The summed E-state index contributed by atoms with van der Waals surface area (Å²) in [7, 11) is 3.73. The van der Waals surface area contributed by atoms with Crippen molar-refractivity contribution in [1.29, 1.82) is 0 Å². The molecule has 0 aliphatic heterocycles. The molecular weight excluding hydrogens is 328 g/mol. The lowest BCUT2D eigenvalue weighted by atomic mass is 10.0. The Morgan fingerprint density at radius 1 is 1.05 bits per heavy atom. The Bertz CT molecular complexity index is 654. The summed E-state index contributed by atoms with van der Waals surface area (Å²) in [6.07, 6.45) is 0. The average molecular weight is 340 g/mol. The first-order chi connectivity index (χ1) is 9.41. The van der Waals surface area contributed by atoms with Gasteiger partial charge in [0.25, 0.3) is 0 Å². The van der Waals surface area contributed by atoms with Gasteiger partial charge in [0.1, 0.15) is 5.82 Å². The van der Waals surface area contributed by atoms with Crippen molar-refractivity contribution in [3.63, 3.8) is 0 Å². The number of hydrogen-bond donors (Lipinski definition) is 0. The molecule has 0 unspecified atom stereocenters. The lowest BCUT2D eigenvalue weighted by Gasteiger charge is -2.12. The Morgan fingerprint density at radius 2 is 1.65 bits per heavy atom. The lowest BCUT2D eigenvalue weighted by molar-refractivity contribution is 0.103. The fourth-order valence-corrected chi connectivity index (χ4v) is 2.12. The van der Waals surface area contributed by atoms with Crippen molar-refractivity contribution in [1.82, 2.24) is 0 Å². The first-order valence-corrected chi connectivity index (χ1v) is 6.66. The lowest BCUT2D eigenvalue weighted by Crippen LogP contribution is -2.10. The van der Waals surface area contributed by atoms with Gasteiger partial charge < -0.3 is 4.90 Å². The molecule has 2 aromatic rings. The van der Waals surface area contributed by atoms with E-state index in [2.05, 4.69) is 15.9 Å². The van der Waals surface area contributed by atoms with E-state index in [1.165, 1.54) is 6.07 Å². The van der Waals surface area contributed by atoms with E-state index in [1.807, 2.05) is 19.0 Å². The maximum atomic E-state index is 13.9. The van der Waals surface area contributed by atoms with Gasteiger partial charge in [-0.15, -0.1) is 0 Å². The Morgan fingerprint density at radius 3 is 2.20 bits per heavy atom. The van der Waals surface area contributed by atoms with Crippen LogP contribution >= 0.6 is 15.9 Å². The van der Waals surface area contributed by atoms with Crippen molar-refractivity contribution in [2.24, 2.45) is 0 Å². The van der Waals surface area contributed by atoms with Crippen molar-refractivity contribution in [2.45, 2.75) is 0 Å². The van der Waals surface area contributed by atoms with Crippen LogP contribution in [0.15, 0.2) is 40.9 Å². The standard InChI is InChI=1S/C15H12BrF2NO/c1-19(2)10-5-3-9(4-6-10)15(20)13-12(17)8-7-11(16)14(13)18/h3-8H,1-2H3. The second-order valence-corrected chi connectivity index (χ2v) is 5.34. The summed E-state index contributed by atoms with van der Waals surface area (Å²) in [5.74, 6) is -2.43. The molecule has 0 aromatic heterocycles. The Hall–Kier alpha value is -1.75. The van der Waals surface area contributed by atoms with Gasteiger partial charge in [0.15, 0.2) is 11.6 Å². The normalized spacial score (nSPS) is 10.4. The highest BCUT2D eigenvalue weighted by Crippen LogP contribution is 2.24. The summed E-state index contributed by atoms with van der Waals surface area (Å²) in [6, 6.07) is 8.85. The number of anilines is 1. The predicted octanol–water partition coefficient (Wildman–Crippen LogP) is 4.02. The van der Waals surface area contributed by atoms with E-state index in [0.717, 1.165) is 11.8 Å². The Kier molecular flexibility index (Phi) is 4.18. The van der Waals surface area contributed by atoms with E-state index in [-0.39, 0.29) is 10.0 Å². The number of halogens is 3. The first-order valence-electron chi connectivity index (χ1n) is 5.87. The highest BCUT2D eigenvalue weighted by Gasteiger charge is 2.21. The molecule has 2 aromatic carbocycles. The monoisotopic (exact) mass is 339 g/mol. The van der Waals surface area contributed by atoms with Gasteiger partial charge in [0.2, 0.25) is 0 Å². The average Bonchev–Trinajstić information content (AvgIpc) is 2.43. The Labute approximate surface area is 124 Å². The van der Waals surface area contributed by atoms with Gasteiger partial charge in [-0.25, -0.2) is 8.78 Å². The van der Waals surface area contributed by atoms with E-state index in [9.17, 15) is 13.6 Å². The number of benzene rings is 2. The molecule has 0 spiro atoms. The van der Waals surface area contributed by atoms with Crippen molar-refractivity contribution in [3.8, 4) is 0 Å². The van der Waals surface area contributed by atoms with Crippen molar-refractivity contribution < 1.29 is 13.6 Å². The molecule has 0 atom stereocenters. The zero-order valence-electron chi connectivity index (χ0n) is 11.0. The summed E-state index contributed by atoms with van der Waals surface area (Å²) >= 11 is 2.95. The zero-order chi connectivity index (χ0) is 14.9. The number of ketones is 1. The molecule has 2 rings (SSSR count). The van der Waals surface area contributed by atoms with Crippen molar-refractivity contribution in [2.75, 3.05) is 19.0 Å². The summed E-state index contributed by atoms with van der Waals surface area (Å²) in [4.78, 5) is 14.1. The molecule has 0 fully saturated rings. The Balaban J connectivity index is 2.44. The maximum Gasteiger partial charge on any atom is 0.198 e. The van der Waals surface area contributed by atoms with E-state index in [4.69, 9.17) is 0 Å². The molecule has 0 aliphatic carbocycles. The van der Waals surface area contributed by atoms with Crippen LogP contribution in [0.2, 0.25) is 0 Å². The van der Waals surface area contributed by atoms with E-state index in [1.54, 1.807) is 24.3 Å². The molecule has 20 heavy (non-hydrogen) atoms. The van der Waals surface area contributed by atoms with Gasteiger partial charge in [0.05, 0.1) is 10.0 Å². The molecule has 0 N–H and O–H groups in total. The van der Waals surface area contributed by atoms with Crippen LogP contribution in [0.1, 0.15) is 15.9 Å². The molecule has 0 radical (unpaired) electrons. The zero-order valence-corrected chi connectivity index (χ0v) is 12.5. The van der Waals surface area contributed by atoms with Crippen molar-refractivity contribution in [3.05, 3.63) is 63.6 Å². The van der Waals surface area contributed by atoms with Crippen LogP contribution in [0.5, 0.6) is 0 Å². The predicted molar refractivity (Wildman–Crippen MR) is 78.3 cm³/mol. The molecule has 0 amide bonds. The minimum atomic E-state index is -0.883. The van der Waals surface area contributed by atoms with Gasteiger partial charge in [-0.3, -0.25) is 4.79 Å². The molecule has 0 bridgehead atoms. The summed E-state index contributed by atoms with van der Waals surface area (Å²) < 4.78 is 27.6. The topological polar surface area (TPSA) is 20.3 Å². The smallest absolute Gasteiger partial charge is 0.198 e. The van der Waals surface area contributed by atoms with E-state index < -0.39 is 23.0 Å². The van der Waals surface area contributed by atoms with Crippen LogP contribution in [-0.4, -0.2) is 19.9 Å². The first kappa shape index (κ1) is 14.7.